The van der Waals surface area contributed by atoms with E-state index in [1.54, 1.807) is 4.57 Å². The van der Waals surface area contributed by atoms with Crippen molar-refractivity contribution in [2.75, 3.05) is 6.61 Å². The highest BCUT2D eigenvalue weighted by Gasteiger charge is 2.42. The second kappa shape index (κ2) is 4.49. The van der Waals surface area contributed by atoms with Crippen molar-refractivity contribution in [3.05, 3.63) is 18.3 Å². The molecule has 102 valence electrons. The monoisotopic (exact) mass is 265 g/mol. The Morgan fingerprint density at radius 2 is 2.21 bits per heavy atom. The van der Waals surface area contributed by atoms with E-state index in [4.69, 9.17) is 15.6 Å². The van der Waals surface area contributed by atoms with Crippen molar-refractivity contribution in [3.63, 3.8) is 0 Å². The molecule has 2 aromatic heterocycles. The van der Waals surface area contributed by atoms with E-state index in [-0.39, 0.29) is 6.61 Å². The van der Waals surface area contributed by atoms with Gasteiger partial charge in [0.1, 0.15) is 24.1 Å². The van der Waals surface area contributed by atoms with Gasteiger partial charge in [-0.05, 0) is 6.92 Å². The number of aliphatic hydroxyl groups excluding tert-OH is 2. The molecule has 1 saturated heterocycles. The van der Waals surface area contributed by atoms with Crippen molar-refractivity contribution in [2.45, 2.75) is 31.4 Å². The van der Waals surface area contributed by atoms with Crippen LogP contribution >= 0.6 is 0 Å². The second-order valence-electron chi connectivity index (χ2n) is 4.60. The van der Waals surface area contributed by atoms with E-state index in [0.717, 1.165) is 5.69 Å². The minimum Gasteiger partial charge on any atom is -0.394 e. The first-order chi connectivity index (χ1) is 9.13. The highest BCUT2D eigenvalue weighted by molar-refractivity contribution is 5.72. The number of hydrogen-bond acceptors (Lipinski definition) is 7. The predicted octanol–water partition coefficient (Wildman–Crippen LogP) is -1.29. The van der Waals surface area contributed by atoms with Gasteiger partial charge in [0.25, 0.3) is 0 Å². The zero-order chi connectivity index (χ0) is 13.6. The molecular formula is C11H15N5O3. The highest BCUT2D eigenvalue weighted by atomic mass is 16.5. The fourth-order valence-corrected chi connectivity index (χ4v) is 2.31. The molecule has 1 aliphatic heterocycles. The average Bonchev–Trinajstić information content (AvgIpc) is 2.94. The maximum absolute atomic E-state index is 10.1. The Balaban J connectivity index is 2.04. The van der Waals surface area contributed by atoms with Crippen LogP contribution in [0.15, 0.2) is 12.7 Å². The van der Waals surface area contributed by atoms with Gasteiger partial charge >= 0.3 is 0 Å². The lowest BCUT2D eigenvalue weighted by Gasteiger charge is -2.16. The summed E-state index contributed by atoms with van der Waals surface area (Å²) in [6.45, 7) is 1.59. The first kappa shape index (κ1) is 12.4. The number of aromatic nitrogens is 4. The molecule has 8 heteroatoms. The fraction of sp³-hybridized carbons (Fsp3) is 0.545. The quantitative estimate of drug-likeness (QED) is 0.618. The molecule has 4 atom stereocenters. The van der Waals surface area contributed by atoms with Crippen molar-refractivity contribution in [3.8, 4) is 0 Å². The van der Waals surface area contributed by atoms with Crippen molar-refractivity contribution < 1.29 is 14.9 Å². The van der Waals surface area contributed by atoms with Crippen LogP contribution < -0.4 is 5.73 Å². The van der Waals surface area contributed by atoms with Gasteiger partial charge in [-0.2, -0.15) is 0 Å². The molecule has 4 N–H and O–H groups in total. The van der Waals surface area contributed by atoms with Gasteiger partial charge in [0.05, 0.1) is 24.7 Å². The molecule has 0 aliphatic carbocycles. The van der Waals surface area contributed by atoms with Crippen LogP contribution in [0.5, 0.6) is 0 Å². The van der Waals surface area contributed by atoms with Gasteiger partial charge in [-0.1, -0.05) is 0 Å². The number of nitrogens with two attached hydrogens (primary N) is 1. The molecule has 0 spiro atoms. The molecule has 3 rings (SSSR count). The van der Waals surface area contributed by atoms with Gasteiger partial charge in [0.2, 0.25) is 0 Å². The summed E-state index contributed by atoms with van der Waals surface area (Å²) in [5.41, 5.74) is 7.78. The third kappa shape index (κ3) is 1.80. The normalized spacial score (nSPS) is 31.2. The molecule has 1 unspecified atom stereocenters. The van der Waals surface area contributed by atoms with Crippen LogP contribution in [-0.4, -0.2) is 54.6 Å². The molecule has 0 saturated carbocycles. The summed E-state index contributed by atoms with van der Waals surface area (Å²) < 4.78 is 7.18. The van der Waals surface area contributed by atoms with Crippen LogP contribution in [0.3, 0.4) is 0 Å². The van der Waals surface area contributed by atoms with Crippen molar-refractivity contribution in [1.29, 1.82) is 0 Å². The Hall–Kier alpha value is -1.61. The van der Waals surface area contributed by atoms with Gasteiger partial charge in [-0.25, -0.2) is 15.0 Å². The standard InChI is InChI=1S/C11H15N5O3/c1-5-8-10(14-3-13-5)16(4-15-8)11-9(18)7(12)6(2-17)19-11/h3-4,6-7,9,11,17-18H,2,12H2,1H3/t6-,7+,9?,11-/m1/s1. The summed E-state index contributed by atoms with van der Waals surface area (Å²) in [6.07, 6.45) is 0.740. The SMILES string of the molecule is Cc1ncnc2c1ncn2[C@@H]1O[C@H](CO)[C@H](N)C1O. The van der Waals surface area contributed by atoms with E-state index in [2.05, 4.69) is 15.0 Å². The Morgan fingerprint density at radius 3 is 2.89 bits per heavy atom. The van der Waals surface area contributed by atoms with Crippen LogP contribution in [0.2, 0.25) is 0 Å². The van der Waals surface area contributed by atoms with Crippen molar-refractivity contribution >= 4 is 11.2 Å². The summed E-state index contributed by atoms with van der Waals surface area (Å²) in [5, 5.41) is 19.3. The van der Waals surface area contributed by atoms with Gasteiger partial charge in [0, 0.05) is 0 Å². The largest absolute Gasteiger partial charge is 0.394 e. The number of imidazole rings is 1. The Morgan fingerprint density at radius 1 is 1.42 bits per heavy atom. The predicted molar refractivity (Wildman–Crippen MR) is 65.0 cm³/mol. The van der Waals surface area contributed by atoms with Crippen molar-refractivity contribution in [2.24, 2.45) is 5.73 Å². The first-order valence-corrected chi connectivity index (χ1v) is 5.97. The summed E-state index contributed by atoms with van der Waals surface area (Å²) in [5.74, 6) is 0. The summed E-state index contributed by atoms with van der Waals surface area (Å²) in [6, 6.07) is -0.643. The number of fused-ring (bicyclic) bond motifs is 1. The third-order valence-corrected chi connectivity index (χ3v) is 3.43. The molecule has 1 aliphatic rings. The van der Waals surface area contributed by atoms with Crippen LogP contribution in [-0.2, 0) is 4.74 Å². The highest BCUT2D eigenvalue weighted by Crippen LogP contribution is 2.30. The molecule has 0 bridgehead atoms. The van der Waals surface area contributed by atoms with E-state index in [9.17, 15) is 5.11 Å². The van der Waals surface area contributed by atoms with Crippen LogP contribution in [0.4, 0.5) is 0 Å². The molecule has 1 fully saturated rings. The lowest BCUT2D eigenvalue weighted by molar-refractivity contribution is -0.0488. The second-order valence-corrected chi connectivity index (χ2v) is 4.60. The third-order valence-electron chi connectivity index (χ3n) is 3.43. The molecule has 0 radical (unpaired) electrons. The van der Waals surface area contributed by atoms with Crippen molar-refractivity contribution in [1.82, 2.24) is 19.5 Å². The smallest absolute Gasteiger partial charge is 0.165 e. The molecular weight excluding hydrogens is 250 g/mol. The van der Waals surface area contributed by atoms with E-state index in [1.807, 2.05) is 6.92 Å². The molecule has 19 heavy (non-hydrogen) atoms. The first-order valence-electron chi connectivity index (χ1n) is 5.97. The van der Waals surface area contributed by atoms with E-state index >= 15 is 0 Å². The summed E-state index contributed by atoms with van der Waals surface area (Å²) in [7, 11) is 0. The van der Waals surface area contributed by atoms with Crippen LogP contribution in [0.25, 0.3) is 11.2 Å². The number of rotatable bonds is 2. The lowest BCUT2D eigenvalue weighted by Crippen LogP contribution is -2.41. The Kier molecular flexibility index (Phi) is 2.94. The maximum Gasteiger partial charge on any atom is 0.165 e. The number of nitrogens with zero attached hydrogens (tertiary/aromatic N) is 4. The maximum atomic E-state index is 10.1. The summed E-state index contributed by atoms with van der Waals surface area (Å²) in [4.78, 5) is 12.4. The van der Waals surface area contributed by atoms with Crippen LogP contribution in [0, 0.1) is 6.92 Å². The number of aryl methyl sites for hydroxylation is 1. The fourth-order valence-electron chi connectivity index (χ4n) is 2.31. The molecule has 8 nitrogen and oxygen atoms in total. The van der Waals surface area contributed by atoms with Gasteiger partial charge in [-0.15, -0.1) is 0 Å². The Bertz CT molecular complexity index is 601. The zero-order valence-corrected chi connectivity index (χ0v) is 10.3. The van der Waals surface area contributed by atoms with Gasteiger partial charge in [0.15, 0.2) is 11.9 Å². The zero-order valence-electron chi connectivity index (χ0n) is 10.3. The van der Waals surface area contributed by atoms with E-state index < -0.39 is 24.5 Å². The van der Waals surface area contributed by atoms with Gasteiger partial charge < -0.3 is 20.7 Å². The lowest BCUT2D eigenvalue weighted by atomic mass is 10.1. The molecule has 0 amide bonds. The number of ether oxygens (including phenoxy) is 1. The van der Waals surface area contributed by atoms with Crippen LogP contribution in [0.1, 0.15) is 11.9 Å². The molecule has 2 aromatic rings. The number of aliphatic hydroxyl groups is 2. The van der Waals surface area contributed by atoms with Gasteiger partial charge in [-0.3, -0.25) is 4.57 Å². The molecule has 3 heterocycles. The van der Waals surface area contributed by atoms with E-state index in [1.165, 1.54) is 12.7 Å². The molecule has 0 aromatic carbocycles. The summed E-state index contributed by atoms with van der Waals surface area (Å²) >= 11 is 0. The van der Waals surface area contributed by atoms with E-state index in [0.29, 0.717) is 11.2 Å². The number of hydrogen-bond donors (Lipinski definition) is 3. The minimum absolute atomic E-state index is 0.241. The topological polar surface area (TPSA) is 119 Å². The average molecular weight is 265 g/mol. The minimum atomic E-state index is -0.926. The Labute approximate surface area is 108 Å².